The Morgan fingerprint density at radius 3 is 2.38 bits per heavy atom. The average Bonchev–Trinajstić information content (AvgIpc) is 3.43. The van der Waals surface area contributed by atoms with Crippen molar-refractivity contribution < 1.29 is 14.7 Å². The van der Waals surface area contributed by atoms with E-state index in [1.54, 1.807) is 6.20 Å². The molecule has 9 nitrogen and oxygen atoms in total. The first-order valence-electron chi connectivity index (χ1n) is 12.3. The minimum Gasteiger partial charge on any atom is -0.480 e. The summed E-state index contributed by atoms with van der Waals surface area (Å²) in [4.78, 5) is 31.0. The van der Waals surface area contributed by atoms with E-state index < -0.39 is 12.0 Å². The predicted molar refractivity (Wildman–Crippen MR) is 140 cm³/mol. The summed E-state index contributed by atoms with van der Waals surface area (Å²) in [5.74, 6) is -0.962. The van der Waals surface area contributed by atoms with Gasteiger partial charge in [-0.05, 0) is 52.4 Å². The van der Waals surface area contributed by atoms with Gasteiger partial charge in [-0.15, -0.1) is 10.2 Å². The van der Waals surface area contributed by atoms with Crippen LogP contribution in [0.2, 0.25) is 0 Å². The zero-order valence-corrected chi connectivity index (χ0v) is 21.1. The van der Waals surface area contributed by atoms with Crippen LogP contribution in [-0.4, -0.2) is 53.5 Å². The van der Waals surface area contributed by atoms with Crippen LogP contribution < -0.4 is 0 Å². The highest BCUT2D eigenvalue weighted by Crippen LogP contribution is 2.33. The molecule has 0 saturated heterocycles. The molecule has 9 heteroatoms. The van der Waals surface area contributed by atoms with Crippen molar-refractivity contribution in [1.29, 1.82) is 0 Å². The number of hydrogen-bond acceptors (Lipinski definition) is 6. The Balaban J connectivity index is 1.69. The van der Waals surface area contributed by atoms with Gasteiger partial charge in [0.05, 0.1) is 5.69 Å². The Hall–Kier alpha value is -4.40. The maximum Gasteiger partial charge on any atom is 0.326 e. The molecule has 0 aliphatic heterocycles. The Bertz CT molecular complexity index is 1340. The van der Waals surface area contributed by atoms with E-state index in [1.165, 1.54) is 4.90 Å². The molecule has 4 aromatic rings. The standard InChI is InChI=1S/C28H30N6O3/c1-4-8-25(35)34(26(18(2)3)28(36)37)17-19-11-14-24(29-16-19)23-15-21(20-9-6-5-7-10-20)12-13-22(23)27-30-32-33-31-27/h5-7,9-16,18,26H,4,8,17H2,1-3H3,(H,36,37)(H,30,31,32,33). The van der Waals surface area contributed by atoms with Gasteiger partial charge >= 0.3 is 5.97 Å². The Morgan fingerprint density at radius 2 is 1.78 bits per heavy atom. The fourth-order valence-electron chi connectivity index (χ4n) is 4.39. The van der Waals surface area contributed by atoms with Gasteiger partial charge in [-0.1, -0.05) is 63.2 Å². The molecule has 4 rings (SSSR count). The molecule has 2 heterocycles. The lowest BCUT2D eigenvalue weighted by molar-refractivity contribution is -0.153. The molecule has 0 aliphatic rings. The number of aromatic nitrogens is 5. The second-order valence-electron chi connectivity index (χ2n) is 9.21. The van der Waals surface area contributed by atoms with E-state index in [4.69, 9.17) is 4.98 Å². The van der Waals surface area contributed by atoms with Gasteiger partial charge in [-0.25, -0.2) is 4.79 Å². The van der Waals surface area contributed by atoms with Crippen LogP contribution in [0.15, 0.2) is 66.9 Å². The van der Waals surface area contributed by atoms with E-state index in [9.17, 15) is 14.7 Å². The third-order valence-corrected chi connectivity index (χ3v) is 6.17. The number of pyridine rings is 1. The van der Waals surface area contributed by atoms with Crippen LogP contribution >= 0.6 is 0 Å². The molecule has 0 radical (unpaired) electrons. The van der Waals surface area contributed by atoms with Crippen LogP contribution in [0, 0.1) is 5.92 Å². The number of tetrazole rings is 1. The van der Waals surface area contributed by atoms with E-state index in [-0.39, 0.29) is 18.4 Å². The van der Waals surface area contributed by atoms with Gasteiger partial charge in [0.15, 0.2) is 0 Å². The minimum atomic E-state index is -1.01. The Morgan fingerprint density at radius 1 is 1.00 bits per heavy atom. The first-order chi connectivity index (χ1) is 17.9. The SMILES string of the molecule is CCCC(=O)N(Cc1ccc(-c2cc(-c3ccccc3)ccc2-c2nn[nH]n2)nc1)C(C(=O)O)C(C)C. The van der Waals surface area contributed by atoms with Crippen molar-refractivity contribution in [2.45, 2.75) is 46.2 Å². The number of H-pyrrole nitrogens is 1. The van der Waals surface area contributed by atoms with Gasteiger partial charge in [0, 0.05) is 30.3 Å². The maximum absolute atomic E-state index is 12.9. The van der Waals surface area contributed by atoms with Crippen LogP contribution in [0.1, 0.15) is 39.2 Å². The molecule has 0 fully saturated rings. The number of hydrogen-bond donors (Lipinski definition) is 2. The molecule has 0 spiro atoms. The molecule has 190 valence electrons. The zero-order chi connectivity index (χ0) is 26.4. The van der Waals surface area contributed by atoms with E-state index in [1.807, 2.05) is 81.4 Å². The summed E-state index contributed by atoms with van der Waals surface area (Å²) < 4.78 is 0. The number of carboxylic acid groups (broad SMARTS) is 1. The molecule has 1 unspecified atom stereocenters. The van der Waals surface area contributed by atoms with Crippen LogP contribution in [0.5, 0.6) is 0 Å². The summed E-state index contributed by atoms with van der Waals surface area (Å²) in [6.07, 6.45) is 2.63. The van der Waals surface area contributed by atoms with Gasteiger partial charge in [0.1, 0.15) is 6.04 Å². The number of amides is 1. The summed E-state index contributed by atoms with van der Waals surface area (Å²) in [6.45, 7) is 5.70. The summed E-state index contributed by atoms with van der Waals surface area (Å²) in [5, 5.41) is 24.3. The lowest BCUT2D eigenvalue weighted by Gasteiger charge is -2.31. The highest BCUT2D eigenvalue weighted by Gasteiger charge is 2.32. The fourth-order valence-corrected chi connectivity index (χ4v) is 4.39. The highest BCUT2D eigenvalue weighted by molar-refractivity contribution is 5.84. The van der Waals surface area contributed by atoms with E-state index in [2.05, 4.69) is 20.6 Å². The van der Waals surface area contributed by atoms with Crippen LogP contribution in [-0.2, 0) is 16.1 Å². The van der Waals surface area contributed by atoms with E-state index >= 15 is 0 Å². The summed E-state index contributed by atoms with van der Waals surface area (Å²) >= 11 is 0. The molecule has 2 aromatic heterocycles. The van der Waals surface area contributed by atoms with Crippen molar-refractivity contribution in [2.24, 2.45) is 5.92 Å². The maximum atomic E-state index is 12.9. The van der Waals surface area contributed by atoms with Crippen molar-refractivity contribution in [3.8, 4) is 33.8 Å². The first kappa shape index (κ1) is 25.7. The van der Waals surface area contributed by atoms with E-state index in [0.717, 1.165) is 27.8 Å². The van der Waals surface area contributed by atoms with Gasteiger partial charge in [0.2, 0.25) is 11.7 Å². The molecule has 0 saturated carbocycles. The van der Waals surface area contributed by atoms with Gasteiger partial charge in [-0.2, -0.15) is 5.21 Å². The third-order valence-electron chi connectivity index (χ3n) is 6.17. The number of aliphatic carboxylic acids is 1. The van der Waals surface area contributed by atoms with Crippen molar-refractivity contribution in [1.82, 2.24) is 30.5 Å². The number of nitrogens with zero attached hydrogens (tertiary/aromatic N) is 5. The first-order valence-corrected chi connectivity index (χ1v) is 12.3. The summed E-state index contributed by atoms with van der Waals surface area (Å²) in [6, 6.07) is 18.9. The number of benzene rings is 2. The third kappa shape index (κ3) is 5.88. The topological polar surface area (TPSA) is 125 Å². The van der Waals surface area contributed by atoms with Gasteiger partial charge < -0.3 is 10.0 Å². The minimum absolute atomic E-state index is 0.170. The number of aromatic amines is 1. The lowest BCUT2D eigenvalue weighted by Crippen LogP contribution is -2.47. The van der Waals surface area contributed by atoms with Crippen LogP contribution in [0.25, 0.3) is 33.8 Å². The molecule has 2 aromatic carbocycles. The normalized spacial score (nSPS) is 11.9. The van der Waals surface area contributed by atoms with Crippen molar-refractivity contribution in [3.05, 3.63) is 72.4 Å². The van der Waals surface area contributed by atoms with Crippen molar-refractivity contribution in [2.75, 3.05) is 0 Å². The number of carboxylic acids is 1. The number of rotatable bonds is 10. The number of carbonyl (C=O) groups is 2. The Labute approximate surface area is 215 Å². The second kappa shape index (κ2) is 11.6. The van der Waals surface area contributed by atoms with Gasteiger partial charge in [-0.3, -0.25) is 9.78 Å². The van der Waals surface area contributed by atoms with E-state index in [0.29, 0.717) is 24.4 Å². The average molecular weight is 499 g/mol. The number of nitrogens with one attached hydrogen (secondary N) is 1. The smallest absolute Gasteiger partial charge is 0.326 e. The molecule has 2 N–H and O–H groups in total. The second-order valence-corrected chi connectivity index (χ2v) is 9.21. The Kier molecular flexibility index (Phi) is 8.02. The van der Waals surface area contributed by atoms with Crippen LogP contribution in [0.4, 0.5) is 0 Å². The van der Waals surface area contributed by atoms with Crippen molar-refractivity contribution in [3.63, 3.8) is 0 Å². The fraction of sp³-hybridized carbons (Fsp3) is 0.286. The van der Waals surface area contributed by atoms with Crippen LogP contribution in [0.3, 0.4) is 0 Å². The van der Waals surface area contributed by atoms with Crippen molar-refractivity contribution >= 4 is 11.9 Å². The predicted octanol–water partition coefficient (Wildman–Crippen LogP) is 4.83. The monoisotopic (exact) mass is 498 g/mol. The largest absolute Gasteiger partial charge is 0.480 e. The quantitative estimate of drug-likeness (QED) is 0.321. The molecule has 0 aliphatic carbocycles. The number of carbonyl (C=O) groups excluding carboxylic acids is 1. The summed E-state index contributed by atoms with van der Waals surface area (Å²) in [7, 11) is 0. The molecule has 37 heavy (non-hydrogen) atoms. The van der Waals surface area contributed by atoms with Gasteiger partial charge in [0.25, 0.3) is 0 Å². The molecule has 1 atom stereocenters. The summed E-state index contributed by atoms with van der Waals surface area (Å²) in [5.41, 5.74) is 5.15. The molecular weight excluding hydrogens is 468 g/mol. The lowest BCUT2D eigenvalue weighted by atomic mass is 9.96. The highest BCUT2D eigenvalue weighted by atomic mass is 16.4. The molecular formula is C28H30N6O3. The molecule has 0 bridgehead atoms. The zero-order valence-electron chi connectivity index (χ0n) is 21.1. The molecule has 1 amide bonds.